The predicted octanol–water partition coefficient (Wildman–Crippen LogP) is 2.22. The minimum Gasteiger partial charge on any atom is -0.478 e. The monoisotopic (exact) mass is 235 g/mol. The summed E-state index contributed by atoms with van der Waals surface area (Å²) in [5.41, 5.74) is 1.19. The van der Waals surface area contributed by atoms with E-state index in [1.807, 2.05) is 6.07 Å². The standard InChI is InChI=1S/C13H17NO3/c15-13(16)11-2-1-3-12(8-11)14-9-10-4-6-17-7-5-10/h1-3,8,10,14H,4-7,9H2,(H,15,16). The van der Waals surface area contributed by atoms with E-state index in [1.54, 1.807) is 18.2 Å². The van der Waals surface area contributed by atoms with E-state index in [0.29, 0.717) is 11.5 Å². The lowest BCUT2D eigenvalue weighted by Crippen LogP contribution is -2.22. The molecule has 0 amide bonds. The topological polar surface area (TPSA) is 58.6 Å². The molecule has 1 fully saturated rings. The van der Waals surface area contributed by atoms with E-state index in [2.05, 4.69) is 5.32 Å². The van der Waals surface area contributed by atoms with E-state index in [0.717, 1.165) is 38.3 Å². The number of anilines is 1. The second kappa shape index (κ2) is 5.68. The van der Waals surface area contributed by atoms with Gasteiger partial charge in [-0.25, -0.2) is 4.79 Å². The molecule has 4 nitrogen and oxygen atoms in total. The summed E-state index contributed by atoms with van der Waals surface area (Å²) in [7, 11) is 0. The molecule has 0 radical (unpaired) electrons. The van der Waals surface area contributed by atoms with Crippen LogP contribution < -0.4 is 5.32 Å². The fraction of sp³-hybridized carbons (Fsp3) is 0.462. The summed E-state index contributed by atoms with van der Waals surface area (Å²) in [6, 6.07) is 6.92. The third-order valence-corrected chi connectivity index (χ3v) is 3.05. The first-order valence-corrected chi connectivity index (χ1v) is 5.90. The molecule has 1 saturated heterocycles. The SMILES string of the molecule is O=C(O)c1cccc(NCC2CCOCC2)c1. The highest BCUT2D eigenvalue weighted by Gasteiger charge is 2.13. The number of carboxylic acids is 1. The normalized spacial score (nSPS) is 16.7. The Hall–Kier alpha value is -1.55. The molecular formula is C13H17NO3. The van der Waals surface area contributed by atoms with Gasteiger partial charge in [-0.2, -0.15) is 0 Å². The molecule has 92 valence electrons. The van der Waals surface area contributed by atoms with Crippen molar-refractivity contribution in [1.29, 1.82) is 0 Å². The van der Waals surface area contributed by atoms with Crippen molar-refractivity contribution in [2.75, 3.05) is 25.1 Å². The first-order valence-electron chi connectivity index (χ1n) is 5.90. The lowest BCUT2D eigenvalue weighted by atomic mass is 10.0. The van der Waals surface area contributed by atoms with Gasteiger partial charge < -0.3 is 15.2 Å². The largest absolute Gasteiger partial charge is 0.478 e. The Bertz CT molecular complexity index is 386. The van der Waals surface area contributed by atoms with Gasteiger partial charge in [0, 0.05) is 25.4 Å². The zero-order valence-electron chi connectivity index (χ0n) is 9.69. The van der Waals surface area contributed by atoms with Gasteiger partial charge in [-0.1, -0.05) is 6.07 Å². The van der Waals surface area contributed by atoms with E-state index in [9.17, 15) is 4.79 Å². The Labute approximate surface area is 101 Å². The van der Waals surface area contributed by atoms with Crippen LogP contribution in [0, 0.1) is 5.92 Å². The average Bonchev–Trinajstić information content (AvgIpc) is 2.38. The summed E-state index contributed by atoms with van der Waals surface area (Å²) in [6.07, 6.45) is 2.15. The first kappa shape index (κ1) is 11.9. The van der Waals surface area contributed by atoms with E-state index < -0.39 is 5.97 Å². The van der Waals surface area contributed by atoms with Crippen molar-refractivity contribution in [3.05, 3.63) is 29.8 Å². The van der Waals surface area contributed by atoms with Gasteiger partial charge in [-0.05, 0) is 37.0 Å². The Morgan fingerprint density at radius 3 is 2.88 bits per heavy atom. The molecule has 0 bridgehead atoms. The fourth-order valence-electron chi connectivity index (χ4n) is 1.97. The number of nitrogens with one attached hydrogen (secondary N) is 1. The molecule has 0 atom stereocenters. The highest BCUT2D eigenvalue weighted by atomic mass is 16.5. The van der Waals surface area contributed by atoms with E-state index >= 15 is 0 Å². The number of benzene rings is 1. The van der Waals surface area contributed by atoms with Crippen molar-refractivity contribution in [2.24, 2.45) is 5.92 Å². The zero-order chi connectivity index (χ0) is 12.1. The Balaban J connectivity index is 1.89. The van der Waals surface area contributed by atoms with E-state index in [1.165, 1.54) is 0 Å². The van der Waals surface area contributed by atoms with Crippen molar-refractivity contribution in [1.82, 2.24) is 0 Å². The summed E-state index contributed by atoms with van der Waals surface area (Å²) in [4.78, 5) is 10.8. The number of rotatable bonds is 4. The summed E-state index contributed by atoms with van der Waals surface area (Å²) in [6.45, 7) is 2.55. The second-order valence-corrected chi connectivity index (χ2v) is 4.32. The second-order valence-electron chi connectivity index (χ2n) is 4.32. The Morgan fingerprint density at radius 1 is 1.41 bits per heavy atom. The highest BCUT2D eigenvalue weighted by Crippen LogP contribution is 2.17. The minimum absolute atomic E-state index is 0.321. The molecule has 1 aliphatic heterocycles. The maximum absolute atomic E-state index is 10.8. The van der Waals surface area contributed by atoms with Crippen molar-refractivity contribution in [3.63, 3.8) is 0 Å². The smallest absolute Gasteiger partial charge is 0.335 e. The van der Waals surface area contributed by atoms with Gasteiger partial charge in [-0.15, -0.1) is 0 Å². The van der Waals surface area contributed by atoms with Gasteiger partial charge >= 0.3 is 5.97 Å². The number of carboxylic acid groups (broad SMARTS) is 1. The molecule has 0 unspecified atom stereocenters. The fourth-order valence-corrected chi connectivity index (χ4v) is 1.97. The van der Waals surface area contributed by atoms with Gasteiger partial charge in [0.1, 0.15) is 0 Å². The molecule has 2 N–H and O–H groups in total. The van der Waals surface area contributed by atoms with Crippen LogP contribution in [0.3, 0.4) is 0 Å². The van der Waals surface area contributed by atoms with Crippen LogP contribution in [-0.2, 0) is 4.74 Å². The number of aromatic carboxylic acids is 1. The molecule has 1 aromatic rings. The first-order chi connectivity index (χ1) is 8.25. The van der Waals surface area contributed by atoms with Crippen molar-refractivity contribution in [2.45, 2.75) is 12.8 Å². The van der Waals surface area contributed by atoms with E-state index in [4.69, 9.17) is 9.84 Å². The maximum atomic E-state index is 10.8. The van der Waals surface area contributed by atoms with Gasteiger partial charge in [0.2, 0.25) is 0 Å². The summed E-state index contributed by atoms with van der Waals surface area (Å²) in [5, 5.41) is 12.2. The van der Waals surface area contributed by atoms with Crippen LogP contribution in [0.4, 0.5) is 5.69 Å². The molecule has 1 aromatic carbocycles. The minimum atomic E-state index is -0.889. The van der Waals surface area contributed by atoms with Gasteiger partial charge in [0.15, 0.2) is 0 Å². The maximum Gasteiger partial charge on any atom is 0.335 e. The lowest BCUT2D eigenvalue weighted by molar-refractivity contribution is 0.0696. The molecule has 0 aromatic heterocycles. The molecular weight excluding hydrogens is 218 g/mol. The van der Waals surface area contributed by atoms with Crippen LogP contribution in [0.2, 0.25) is 0 Å². The number of hydrogen-bond acceptors (Lipinski definition) is 3. The molecule has 0 spiro atoms. The third kappa shape index (κ3) is 3.46. The van der Waals surface area contributed by atoms with Gasteiger partial charge in [0.05, 0.1) is 5.56 Å². The van der Waals surface area contributed by atoms with Crippen molar-refractivity contribution >= 4 is 11.7 Å². The Kier molecular flexibility index (Phi) is 3.98. The third-order valence-electron chi connectivity index (χ3n) is 3.05. The van der Waals surface area contributed by atoms with Crippen molar-refractivity contribution < 1.29 is 14.6 Å². The molecule has 2 rings (SSSR count). The number of hydrogen-bond donors (Lipinski definition) is 2. The molecule has 1 aliphatic rings. The summed E-state index contributed by atoms with van der Waals surface area (Å²) >= 11 is 0. The van der Waals surface area contributed by atoms with E-state index in [-0.39, 0.29) is 0 Å². The van der Waals surface area contributed by atoms with Crippen LogP contribution in [0.25, 0.3) is 0 Å². The number of ether oxygens (including phenoxy) is 1. The van der Waals surface area contributed by atoms with Crippen LogP contribution >= 0.6 is 0 Å². The molecule has 17 heavy (non-hydrogen) atoms. The summed E-state index contributed by atoms with van der Waals surface area (Å²) in [5.74, 6) is -0.267. The van der Waals surface area contributed by atoms with Crippen LogP contribution in [-0.4, -0.2) is 30.8 Å². The van der Waals surface area contributed by atoms with Gasteiger partial charge in [-0.3, -0.25) is 0 Å². The average molecular weight is 235 g/mol. The molecule has 0 aliphatic carbocycles. The van der Waals surface area contributed by atoms with Crippen LogP contribution in [0.15, 0.2) is 24.3 Å². The summed E-state index contributed by atoms with van der Waals surface area (Å²) < 4.78 is 5.30. The van der Waals surface area contributed by atoms with Crippen LogP contribution in [0.1, 0.15) is 23.2 Å². The quantitative estimate of drug-likeness (QED) is 0.840. The molecule has 4 heteroatoms. The molecule has 1 heterocycles. The zero-order valence-corrected chi connectivity index (χ0v) is 9.69. The highest BCUT2D eigenvalue weighted by molar-refractivity contribution is 5.88. The lowest BCUT2D eigenvalue weighted by Gasteiger charge is -2.22. The van der Waals surface area contributed by atoms with Crippen molar-refractivity contribution in [3.8, 4) is 0 Å². The predicted molar refractivity (Wildman–Crippen MR) is 65.4 cm³/mol. The number of carbonyl (C=O) groups is 1. The van der Waals surface area contributed by atoms with Crippen LogP contribution in [0.5, 0.6) is 0 Å². The Morgan fingerprint density at radius 2 is 2.18 bits per heavy atom. The molecule has 0 saturated carbocycles. The van der Waals surface area contributed by atoms with Gasteiger partial charge in [0.25, 0.3) is 0 Å².